The first-order chi connectivity index (χ1) is 43.9. The number of anilines is 3. The van der Waals surface area contributed by atoms with Crippen molar-refractivity contribution in [3.63, 3.8) is 0 Å². The summed E-state index contributed by atoms with van der Waals surface area (Å²) in [6, 6.07) is -22.6. The van der Waals surface area contributed by atoms with Crippen molar-refractivity contribution in [2.75, 3.05) is 4.90 Å². The Hall–Kier alpha value is -7.16. The first kappa shape index (κ1) is 16.6. The summed E-state index contributed by atoms with van der Waals surface area (Å²) in [5.41, 5.74) is -15.2. The number of rotatable bonds is 6. The number of hydrogen-bond acceptors (Lipinski definition) is 2. The Balaban J connectivity index is 1.36. The van der Waals surface area contributed by atoms with Gasteiger partial charge in [-0.05, 0) is 166 Å². The van der Waals surface area contributed by atoms with Crippen molar-refractivity contribution in [2.24, 2.45) is 0 Å². The molecule has 0 unspecified atom stereocenters. The molecule has 10 aromatic rings. The van der Waals surface area contributed by atoms with Gasteiger partial charge in [0.1, 0.15) is 11.2 Å². The Labute approximate surface area is 411 Å². The van der Waals surface area contributed by atoms with Crippen LogP contribution in [-0.4, -0.2) is 0 Å². The highest BCUT2D eigenvalue weighted by atomic mass is 16.3. The van der Waals surface area contributed by atoms with Crippen LogP contribution in [0.4, 0.5) is 17.1 Å². The van der Waals surface area contributed by atoms with Crippen LogP contribution < -0.4 is 4.90 Å². The maximum atomic E-state index is 10.4. The van der Waals surface area contributed by atoms with Gasteiger partial charge in [-0.3, -0.25) is 0 Å². The second-order valence-corrected chi connectivity index (χ2v) is 14.9. The smallest absolute Gasteiger partial charge is 0.143 e. The predicted molar refractivity (Wildman–Crippen MR) is 263 cm³/mol. The van der Waals surface area contributed by atoms with E-state index in [4.69, 9.17) is 30.5 Å². The molecule has 0 amide bonds. The number of nitrogens with zero attached hydrogens (tertiary/aromatic N) is 1. The van der Waals surface area contributed by atoms with Gasteiger partial charge in [-0.25, -0.2) is 0 Å². The molecular formula is C60H49NO. The van der Waals surface area contributed by atoms with Crippen LogP contribution in [-0.2, 0) is 5.41 Å². The zero-order chi connectivity index (χ0) is 70.9. The number of furan rings is 1. The van der Waals surface area contributed by atoms with Crippen molar-refractivity contribution in [3.05, 3.63) is 208 Å². The molecule has 0 spiro atoms. The molecule has 1 aliphatic rings. The Morgan fingerprint density at radius 1 is 0.452 bits per heavy atom. The molecule has 0 atom stereocenters. The Morgan fingerprint density at radius 3 is 1.94 bits per heavy atom. The number of benzene rings is 9. The minimum atomic E-state index is -3.99. The van der Waals surface area contributed by atoms with Gasteiger partial charge in [0, 0.05) is 46.9 Å². The van der Waals surface area contributed by atoms with Gasteiger partial charge in [0.25, 0.3) is 0 Å². The van der Waals surface area contributed by atoms with Crippen LogP contribution in [0.5, 0.6) is 0 Å². The lowest BCUT2D eigenvalue weighted by Crippen LogP contribution is -2.17. The highest BCUT2D eigenvalue weighted by Gasteiger charge is 2.36. The Kier molecular flexibility index (Phi) is 3.81. The molecule has 0 aliphatic heterocycles. The molecule has 9 aromatic carbocycles. The third kappa shape index (κ3) is 5.92. The third-order valence-electron chi connectivity index (χ3n) is 10.9. The Bertz CT molecular complexity index is 5120. The first-order valence-corrected chi connectivity index (χ1v) is 19.2. The quantitative estimate of drug-likeness (QED) is 0.166. The Morgan fingerprint density at radius 2 is 1.10 bits per heavy atom. The van der Waals surface area contributed by atoms with E-state index in [1.54, 1.807) is 0 Å². The fourth-order valence-electron chi connectivity index (χ4n) is 7.85. The van der Waals surface area contributed by atoms with Crippen molar-refractivity contribution >= 4 is 49.8 Å². The normalized spacial score (nSPS) is 20.8. The molecule has 1 aliphatic carbocycles. The fourth-order valence-corrected chi connectivity index (χ4v) is 7.85. The molecule has 2 nitrogen and oxygen atoms in total. The average molecular weight is 833 g/mol. The summed E-state index contributed by atoms with van der Waals surface area (Å²) in [6.07, 6.45) is 0. The summed E-state index contributed by atoms with van der Waals surface area (Å²) in [4.78, 5) is 0.484. The minimum Gasteiger partial charge on any atom is -0.455 e. The molecule has 1 heterocycles. The van der Waals surface area contributed by atoms with Gasteiger partial charge < -0.3 is 9.32 Å². The van der Waals surface area contributed by atoms with E-state index in [1.807, 2.05) is 0 Å². The van der Waals surface area contributed by atoms with Crippen LogP contribution in [0.1, 0.15) is 97.9 Å². The third-order valence-corrected chi connectivity index (χ3v) is 10.9. The van der Waals surface area contributed by atoms with Crippen LogP contribution in [0.15, 0.2) is 174 Å². The van der Waals surface area contributed by atoms with E-state index in [-0.39, 0.29) is 73.4 Å². The van der Waals surface area contributed by atoms with Gasteiger partial charge in [-0.15, -0.1) is 0 Å². The van der Waals surface area contributed by atoms with Gasteiger partial charge in [0.15, 0.2) is 0 Å². The maximum absolute atomic E-state index is 10.4. The number of hydrogen-bond donors (Lipinski definition) is 0. The van der Waals surface area contributed by atoms with Gasteiger partial charge in [0.2, 0.25) is 0 Å². The molecule has 0 bridgehead atoms. The summed E-state index contributed by atoms with van der Waals surface area (Å²) in [5.74, 6) is 0. The molecule has 0 saturated heterocycles. The van der Waals surface area contributed by atoms with Crippen LogP contribution in [0, 0.1) is 34.6 Å². The standard InChI is InChI=1S/C60H49NO/c1-36-20-21-38(3)51(30-36)46-26-22-41(31-39(46)4)42-23-28-57(40(5)32-42)61(44-24-27-49-48-17-12-13-19-55(48)60(6,7)56(49)34-44)43-25-29-58-53(33-43)54-35-52(45-15-9-8-14-37(45)2)47-16-10-11-18-50(47)59(54)62-58/h8-35H,1-7H3/i6D3,7D3,8D,9D,10D,11D,12D,13D,14D,15D,16D,17D,18D,19D,20D,21D,22D,23D,24D,25D,26D,27D,28D,29D,30D,31D,32D,33D,34D. The summed E-state index contributed by atoms with van der Waals surface area (Å²) in [7, 11) is 0. The molecule has 0 radical (unpaired) electrons. The monoisotopic (exact) mass is 833 g/mol. The van der Waals surface area contributed by atoms with E-state index in [2.05, 4.69) is 0 Å². The van der Waals surface area contributed by atoms with Crippen molar-refractivity contribution in [3.8, 4) is 44.5 Å². The molecular weight excluding hydrogens is 751 g/mol. The SMILES string of the molecule is [2H]c1c([2H])c([2H])c(-c2cc3c(oc4c([2H])c([2H])c(N(c5c([2H])c([2H])c6c(c5[2H])C(C([2H])([2H])[2H])(C([2H])([2H])[2H])c5c([2H])c([2H])c([2H])c([2H])c5-6)c5c([2H])c([2H])c(-c6c([2H])c([2H])c(-c7c([2H])c(C)c([2H])c([2H])c7C)c(C)c6[2H])c([2H])c5C)c([2H])c43)c3c([2H])c([2H])c([2H])c([2H])c23)c(C)c1[2H]. The largest absolute Gasteiger partial charge is 0.455 e. The fraction of sp³-hybridized carbons (Fsp3) is 0.133. The second-order valence-electron chi connectivity index (χ2n) is 14.9. The first-order valence-electron chi connectivity index (χ1n) is 35.7. The molecule has 62 heavy (non-hydrogen) atoms. The summed E-state index contributed by atoms with van der Waals surface area (Å²) < 4.78 is 312. The van der Waals surface area contributed by atoms with Crippen LogP contribution >= 0.6 is 0 Å². The van der Waals surface area contributed by atoms with E-state index in [0.717, 1.165) is 13.0 Å². The van der Waals surface area contributed by atoms with Gasteiger partial charge >= 0.3 is 0 Å². The van der Waals surface area contributed by atoms with E-state index >= 15 is 0 Å². The zero-order valence-corrected chi connectivity index (χ0v) is 33.4. The zero-order valence-electron chi connectivity index (χ0n) is 66.4. The summed E-state index contributed by atoms with van der Waals surface area (Å²) >= 11 is 0. The van der Waals surface area contributed by atoms with Crippen LogP contribution in [0.3, 0.4) is 0 Å². The van der Waals surface area contributed by atoms with Crippen LogP contribution in [0.25, 0.3) is 77.2 Å². The molecule has 0 saturated carbocycles. The average Bonchev–Trinajstić information content (AvgIpc) is 1.51. The molecule has 2 heteroatoms. The van der Waals surface area contributed by atoms with Crippen LogP contribution in [0.2, 0.25) is 0 Å². The molecule has 0 fully saturated rings. The predicted octanol–water partition coefficient (Wildman–Crippen LogP) is 17.1. The van der Waals surface area contributed by atoms with E-state index in [1.165, 1.54) is 27.7 Å². The lowest BCUT2D eigenvalue weighted by molar-refractivity contribution is 0.660. The highest BCUT2D eigenvalue weighted by molar-refractivity contribution is 6.19. The maximum Gasteiger partial charge on any atom is 0.143 e. The minimum absolute atomic E-state index is 0.0399. The number of fused-ring (bicyclic) bond motifs is 8. The summed E-state index contributed by atoms with van der Waals surface area (Å²) in [6.45, 7) is -1.44. The van der Waals surface area contributed by atoms with Gasteiger partial charge in [0.05, 0.1) is 37.0 Å². The second kappa shape index (κ2) is 14.2. The van der Waals surface area contributed by atoms with Crippen molar-refractivity contribution < 1.29 is 49.7 Å². The van der Waals surface area contributed by atoms with E-state index < -0.39 is 242 Å². The van der Waals surface area contributed by atoms with Crippen molar-refractivity contribution in [1.82, 2.24) is 0 Å². The highest BCUT2D eigenvalue weighted by Crippen LogP contribution is 2.51. The van der Waals surface area contributed by atoms with E-state index in [0.29, 0.717) is 4.90 Å². The lowest BCUT2D eigenvalue weighted by atomic mass is 9.82. The topological polar surface area (TPSA) is 16.4 Å². The van der Waals surface area contributed by atoms with E-state index in [9.17, 15) is 19.2 Å². The lowest BCUT2D eigenvalue weighted by Gasteiger charge is -2.29. The molecule has 300 valence electrons. The van der Waals surface area contributed by atoms with Crippen molar-refractivity contribution in [2.45, 2.75) is 53.7 Å². The van der Waals surface area contributed by atoms with Gasteiger partial charge in [-0.1, -0.05) is 140 Å². The van der Waals surface area contributed by atoms with Crippen molar-refractivity contribution in [1.29, 1.82) is 0 Å². The molecule has 11 rings (SSSR count). The molecule has 0 N–H and O–H groups in total. The molecule has 1 aromatic heterocycles. The van der Waals surface area contributed by atoms with Gasteiger partial charge in [-0.2, -0.15) is 0 Å². The summed E-state index contributed by atoms with van der Waals surface area (Å²) in [5, 5.41) is -1.80.